The molecule has 31 heavy (non-hydrogen) atoms. The molecule has 4 aromatic rings. The van der Waals surface area contributed by atoms with Gasteiger partial charge in [0.25, 0.3) is 0 Å². The topological polar surface area (TPSA) is 73.1 Å². The predicted molar refractivity (Wildman–Crippen MR) is 122 cm³/mol. The number of ketones is 1. The number of aromatic nitrogens is 4. The first-order valence-electron chi connectivity index (χ1n) is 10.1. The van der Waals surface area contributed by atoms with Gasteiger partial charge in [-0.2, -0.15) is 5.10 Å². The smallest absolute Gasteiger partial charge is 0.152 e. The van der Waals surface area contributed by atoms with Crippen LogP contribution in [0.1, 0.15) is 19.4 Å². The minimum Gasteiger partial charge on any atom is -0.497 e. The first-order valence-corrected chi connectivity index (χ1v) is 10.1. The summed E-state index contributed by atoms with van der Waals surface area (Å²) in [5, 5.41) is 4.22. The van der Waals surface area contributed by atoms with Crippen molar-refractivity contribution in [2.45, 2.75) is 26.8 Å². The summed E-state index contributed by atoms with van der Waals surface area (Å²) in [5.74, 6) is 0.811. The lowest BCUT2D eigenvalue weighted by atomic mass is 10.1. The van der Waals surface area contributed by atoms with Gasteiger partial charge in [-0.25, -0.2) is 4.98 Å². The minimum atomic E-state index is -0.363. The number of anilines is 2. The van der Waals surface area contributed by atoms with Gasteiger partial charge in [0.2, 0.25) is 0 Å². The van der Waals surface area contributed by atoms with Crippen molar-refractivity contribution in [2.24, 2.45) is 7.05 Å². The van der Waals surface area contributed by atoms with Crippen LogP contribution in [0.5, 0.6) is 5.75 Å². The lowest BCUT2D eigenvalue weighted by Gasteiger charge is -2.30. The van der Waals surface area contributed by atoms with Gasteiger partial charge in [0.05, 0.1) is 42.3 Å². The number of hydrogen-bond donors (Lipinski definition) is 0. The van der Waals surface area contributed by atoms with Crippen LogP contribution in [0.15, 0.2) is 55.0 Å². The van der Waals surface area contributed by atoms with Crippen molar-refractivity contribution in [1.29, 1.82) is 0 Å². The molecule has 0 aliphatic rings. The van der Waals surface area contributed by atoms with Crippen molar-refractivity contribution in [3.8, 4) is 17.0 Å². The van der Waals surface area contributed by atoms with E-state index in [1.165, 1.54) is 0 Å². The van der Waals surface area contributed by atoms with E-state index in [2.05, 4.69) is 10.1 Å². The van der Waals surface area contributed by atoms with Gasteiger partial charge in [0.15, 0.2) is 5.78 Å². The van der Waals surface area contributed by atoms with Crippen molar-refractivity contribution in [3.05, 3.63) is 60.6 Å². The lowest BCUT2D eigenvalue weighted by Crippen LogP contribution is -2.34. The Balaban J connectivity index is 1.85. The normalized spacial score (nSPS) is 12.0. The van der Waals surface area contributed by atoms with Gasteiger partial charge in [0, 0.05) is 36.2 Å². The highest BCUT2D eigenvalue weighted by Crippen LogP contribution is 2.33. The summed E-state index contributed by atoms with van der Waals surface area (Å²) in [6, 6.07) is 11.5. The number of carbonyl (C=O) groups excluding carboxylic acids is 1. The number of fused-ring (bicyclic) bond motifs is 1. The Hall–Kier alpha value is -3.74. The van der Waals surface area contributed by atoms with E-state index >= 15 is 0 Å². The molecule has 0 amide bonds. The molecule has 158 valence electrons. The largest absolute Gasteiger partial charge is 0.497 e. The van der Waals surface area contributed by atoms with Crippen LogP contribution < -0.4 is 9.64 Å². The van der Waals surface area contributed by atoms with Crippen molar-refractivity contribution >= 4 is 28.2 Å². The van der Waals surface area contributed by atoms with Crippen LogP contribution in [0.25, 0.3) is 22.3 Å². The summed E-state index contributed by atoms with van der Waals surface area (Å²) in [6.07, 6.45) is 5.42. The van der Waals surface area contributed by atoms with Gasteiger partial charge in [-0.1, -0.05) is 0 Å². The standard InChI is InChI=1S/C24H25N5O2/c1-15-8-20(10-21(9-15)31-5)29(16(2)17(3)30)19-6-7-22-23(11-19)27-24(13-25-22)18-12-26-28(4)14-18/h6-14,16H,1-5H3. The molecule has 0 saturated heterocycles. The van der Waals surface area contributed by atoms with Crippen molar-refractivity contribution < 1.29 is 9.53 Å². The third-order valence-electron chi connectivity index (χ3n) is 5.33. The zero-order valence-corrected chi connectivity index (χ0v) is 18.3. The van der Waals surface area contributed by atoms with Gasteiger partial charge in [-0.05, 0) is 56.7 Å². The predicted octanol–water partition coefficient (Wildman–Crippen LogP) is 4.46. The Bertz CT molecular complexity index is 1260. The Labute approximate surface area is 181 Å². The molecule has 0 bridgehead atoms. The number of hydrogen-bond acceptors (Lipinski definition) is 6. The number of Topliss-reactive ketones (excluding diaryl/α,β-unsaturated/α-hetero) is 1. The van der Waals surface area contributed by atoms with E-state index in [1.54, 1.807) is 31.1 Å². The van der Waals surface area contributed by atoms with Crippen molar-refractivity contribution in [1.82, 2.24) is 19.7 Å². The van der Waals surface area contributed by atoms with Crippen LogP contribution in [-0.4, -0.2) is 38.7 Å². The molecule has 1 unspecified atom stereocenters. The molecular weight excluding hydrogens is 390 g/mol. The fraction of sp³-hybridized carbons (Fsp3) is 0.250. The molecule has 2 aromatic carbocycles. The second-order valence-corrected chi connectivity index (χ2v) is 7.70. The molecule has 4 rings (SSSR count). The Kier molecular flexibility index (Phi) is 5.42. The summed E-state index contributed by atoms with van der Waals surface area (Å²) in [6.45, 7) is 5.51. The van der Waals surface area contributed by atoms with E-state index in [0.717, 1.165) is 45.0 Å². The van der Waals surface area contributed by atoms with Crippen LogP contribution >= 0.6 is 0 Å². The van der Waals surface area contributed by atoms with Gasteiger partial charge >= 0.3 is 0 Å². The first kappa shape index (κ1) is 20.5. The highest BCUT2D eigenvalue weighted by molar-refractivity contribution is 5.90. The number of benzene rings is 2. The fourth-order valence-corrected chi connectivity index (χ4v) is 3.61. The monoisotopic (exact) mass is 415 g/mol. The Morgan fingerprint density at radius 2 is 1.90 bits per heavy atom. The molecule has 0 N–H and O–H groups in total. The molecule has 1 atom stereocenters. The molecule has 0 saturated carbocycles. The highest BCUT2D eigenvalue weighted by atomic mass is 16.5. The molecule has 0 aliphatic carbocycles. The number of methoxy groups -OCH3 is 1. The molecule has 7 nitrogen and oxygen atoms in total. The van der Waals surface area contributed by atoms with E-state index in [1.807, 2.05) is 68.4 Å². The lowest BCUT2D eigenvalue weighted by molar-refractivity contribution is -0.117. The molecule has 0 aliphatic heterocycles. The summed E-state index contributed by atoms with van der Waals surface area (Å²) in [7, 11) is 3.51. The van der Waals surface area contributed by atoms with E-state index in [-0.39, 0.29) is 11.8 Å². The first-order chi connectivity index (χ1) is 14.9. The Morgan fingerprint density at radius 3 is 2.58 bits per heavy atom. The number of carbonyl (C=O) groups is 1. The fourth-order valence-electron chi connectivity index (χ4n) is 3.61. The van der Waals surface area contributed by atoms with E-state index < -0.39 is 0 Å². The van der Waals surface area contributed by atoms with Gasteiger partial charge in [-0.15, -0.1) is 0 Å². The van der Waals surface area contributed by atoms with Crippen molar-refractivity contribution in [2.75, 3.05) is 12.0 Å². The molecule has 0 radical (unpaired) electrons. The molecule has 0 fully saturated rings. The van der Waals surface area contributed by atoms with Gasteiger partial charge in [-0.3, -0.25) is 14.5 Å². The van der Waals surface area contributed by atoms with Crippen LogP contribution in [0.3, 0.4) is 0 Å². The second kappa shape index (κ2) is 8.18. The maximum absolute atomic E-state index is 12.4. The average molecular weight is 415 g/mol. The quantitative estimate of drug-likeness (QED) is 0.463. The zero-order chi connectivity index (χ0) is 22.1. The van der Waals surface area contributed by atoms with Gasteiger partial charge in [0.1, 0.15) is 5.75 Å². The summed E-state index contributed by atoms with van der Waals surface area (Å²) < 4.78 is 7.19. The molecule has 2 aromatic heterocycles. The molecular formula is C24H25N5O2. The molecule has 2 heterocycles. The molecule has 0 spiro atoms. The molecule has 7 heteroatoms. The third-order valence-corrected chi connectivity index (χ3v) is 5.33. The number of aryl methyl sites for hydroxylation is 2. The minimum absolute atomic E-state index is 0.0655. The van der Waals surface area contributed by atoms with E-state index in [0.29, 0.717) is 0 Å². The van der Waals surface area contributed by atoms with E-state index in [9.17, 15) is 4.79 Å². The zero-order valence-electron chi connectivity index (χ0n) is 18.3. The van der Waals surface area contributed by atoms with E-state index in [4.69, 9.17) is 9.72 Å². The SMILES string of the molecule is COc1cc(C)cc(N(c2ccc3ncc(-c4cnn(C)c4)nc3c2)C(C)C(C)=O)c1. The van der Waals surface area contributed by atoms with Crippen LogP contribution in [0.4, 0.5) is 11.4 Å². The average Bonchev–Trinajstić information content (AvgIpc) is 3.19. The van der Waals surface area contributed by atoms with Crippen LogP contribution in [0.2, 0.25) is 0 Å². The van der Waals surface area contributed by atoms with Gasteiger partial charge < -0.3 is 9.64 Å². The van der Waals surface area contributed by atoms with Crippen LogP contribution in [-0.2, 0) is 11.8 Å². The second-order valence-electron chi connectivity index (χ2n) is 7.70. The summed E-state index contributed by atoms with van der Waals surface area (Å²) in [4.78, 5) is 23.7. The summed E-state index contributed by atoms with van der Waals surface area (Å²) >= 11 is 0. The summed E-state index contributed by atoms with van der Waals surface area (Å²) in [5.41, 5.74) is 5.99. The van der Waals surface area contributed by atoms with Crippen LogP contribution in [0, 0.1) is 6.92 Å². The maximum atomic E-state index is 12.4. The number of ether oxygens (including phenoxy) is 1. The number of nitrogens with zero attached hydrogens (tertiary/aromatic N) is 5. The highest BCUT2D eigenvalue weighted by Gasteiger charge is 2.22. The maximum Gasteiger partial charge on any atom is 0.152 e. The Morgan fingerprint density at radius 1 is 1.10 bits per heavy atom. The third kappa shape index (κ3) is 4.12. The van der Waals surface area contributed by atoms with Crippen molar-refractivity contribution in [3.63, 3.8) is 0 Å². The number of rotatable bonds is 6.